The van der Waals surface area contributed by atoms with Gasteiger partial charge in [-0.3, -0.25) is 4.79 Å². The first kappa shape index (κ1) is 13.6. The van der Waals surface area contributed by atoms with Gasteiger partial charge in [-0.1, -0.05) is 16.8 Å². The van der Waals surface area contributed by atoms with Crippen LogP contribution in [0.4, 0.5) is 0 Å². The molecule has 20 heavy (non-hydrogen) atoms. The van der Waals surface area contributed by atoms with Gasteiger partial charge in [-0.25, -0.2) is 0 Å². The zero-order chi connectivity index (χ0) is 14.1. The molecule has 0 saturated carbocycles. The summed E-state index contributed by atoms with van der Waals surface area (Å²) in [5.41, 5.74) is 6.21. The van der Waals surface area contributed by atoms with Crippen molar-refractivity contribution >= 4 is 28.8 Å². The molecule has 1 aliphatic rings. The van der Waals surface area contributed by atoms with Gasteiger partial charge >= 0.3 is 0 Å². The van der Waals surface area contributed by atoms with Crippen molar-refractivity contribution in [2.45, 2.75) is 18.9 Å². The highest BCUT2D eigenvalue weighted by molar-refractivity contribution is 7.19. The van der Waals surface area contributed by atoms with Crippen LogP contribution < -0.4 is 5.73 Å². The van der Waals surface area contributed by atoms with E-state index < -0.39 is 0 Å². The summed E-state index contributed by atoms with van der Waals surface area (Å²) in [5.74, 6) is 0.435. The molecule has 1 fully saturated rings. The number of carbonyl (C=O) groups is 1. The number of hydrogen-bond acceptors (Lipinski definition) is 5. The molecular formula is C13H14ClN3O2S. The van der Waals surface area contributed by atoms with Crippen molar-refractivity contribution in [1.82, 2.24) is 10.1 Å². The summed E-state index contributed by atoms with van der Waals surface area (Å²) >= 11 is 7.27. The van der Waals surface area contributed by atoms with Crippen LogP contribution in [0, 0.1) is 0 Å². The number of hydrogen-bond donors (Lipinski definition) is 1. The highest BCUT2D eigenvalue weighted by Gasteiger charge is 2.25. The maximum atomic E-state index is 12.3. The quantitative estimate of drug-likeness (QED) is 0.925. The third kappa shape index (κ3) is 2.72. The number of rotatable bonds is 2. The smallest absolute Gasteiger partial charge is 0.276 e. The minimum Gasteiger partial charge on any atom is -0.355 e. The zero-order valence-corrected chi connectivity index (χ0v) is 12.3. The number of carbonyl (C=O) groups excluding carboxylic acids is 1. The second-order valence-electron chi connectivity index (χ2n) is 4.83. The average molecular weight is 312 g/mol. The van der Waals surface area contributed by atoms with Crippen molar-refractivity contribution in [3.63, 3.8) is 0 Å². The van der Waals surface area contributed by atoms with E-state index in [0.717, 1.165) is 24.3 Å². The number of nitrogens with two attached hydrogens (primary N) is 1. The number of nitrogens with zero attached hydrogens (tertiary/aromatic N) is 2. The molecule has 1 unspecified atom stereocenters. The molecule has 0 bridgehead atoms. The molecule has 7 heteroatoms. The molecule has 0 aliphatic carbocycles. The SMILES string of the molecule is NC1CCCN(C(=O)c2cc(-c3ccc(Cl)s3)on2)C1. The Balaban J connectivity index is 1.77. The van der Waals surface area contributed by atoms with Gasteiger partial charge in [-0.2, -0.15) is 0 Å². The van der Waals surface area contributed by atoms with Gasteiger partial charge < -0.3 is 15.2 Å². The maximum Gasteiger partial charge on any atom is 0.276 e. The van der Waals surface area contributed by atoms with Crippen molar-refractivity contribution in [2.24, 2.45) is 5.73 Å². The van der Waals surface area contributed by atoms with Crippen LogP contribution in [-0.4, -0.2) is 35.1 Å². The summed E-state index contributed by atoms with van der Waals surface area (Å²) in [7, 11) is 0. The van der Waals surface area contributed by atoms with Crippen LogP contribution >= 0.6 is 22.9 Å². The van der Waals surface area contributed by atoms with Crippen molar-refractivity contribution in [1.29, 1.82) is 0 Å². The first-order chi connectivity index (χ1) is 9.63. The molecule has 2 N–H and O–H groups in total. The molecule has 3 heterocycles. The van der Waals surface area contributed by atoms with Gasteiger partial charge in [0.1, 0.15) is 0 Å². The van der Waals surface area contributed by atoms with Crippen molar-refractivity contribution in [3.8, 4) is 10.6 Å². The van der Waals surface area contributed by atoms with E-state index in [4.69, 9.17) is 21.9 Å². The summed E-state index contributed by atoms with van der Waals surface area (Å²) in [6.07, 6.45) is 1.89. The van der Waals surface area contributed by atoms with Crippen molar-refractivity contribution in [3.05, 3.63) is 28.2 Å². The number of thiophene rings is 1. The van der Waals surface area contributed by atoms with Gasteiger partial charge in [0.25, 0.3) is 5.91 Å². The van der Waals surface area contributed by atoms with E-state index in [1.54, 1.807) is 17.0 Å². The van der Waals surface area contributed by atoms with Crippen LogP contribution in [0.5, 0.6) is 0 Å². The molecule has 1 atom stereocenters. The Labute approximate surface area is 125 Å². The van der Waals surface area contributed by atoms with Gasteiger partial charge in [-0.05, 0) is 25.0 Å². The fourth-order valence-corrected chi connectivity index (χ4v) is 3.29. The van der Waals surface area contributed by atoms with Gasteiger partial charge in [0.15, 0.2) is 11.5 Å². The summed E-state index contributed by atoms with van der Waals surface area (Å²) in [6.45, 7) is 1.30. The second-order valence-corrected chi connectivity index (χ2v) is 6.55. The minimum absolute atomic E-state index is 0.0511. The predicted molar refractivity (Wildman–Crippen MR) is 77.9 cm³/mol. The molecule has 1 saturated heterocycles. The van der Waals surface area contributed by atoms with Crippen LogP contribution in [0.1, 0.15) is 23.3 Å². The van der Waals surface area contributed by atoms with Crippen molar-refractivity contribution < 1.29 is 9.32 Å². The topological polar surface area (TPSA) is 72.4 Å². The molecule has 1 aliphatic heterocycles. The maximum absolute atomic E-state index is 12.3. The fraction of sp³-hybridized carbons (Fsp3) is 0.385. The minimum atomic E-state index is -0.127. The third-order valence-electron chi connectivity index (χ3n) is 3.29. The molecule has 0 radical (unpaired) electrons. The third-order valence-corrected chi connectivity index (χ3v) is 4.54. The Morgan fingerprint density at radius 3 is 3.10 bits per heavy atom. The summed E-state index contributed by atoms with van der Waals surface area (Å²) in [5, 5.41) is 3.86. The Bertz CT molecular complexity index is 625. The van der Waals surface area contributed by atoms with E-state index in [-0.39, 0.29) is 11.9 Å². The van der Waals surface area contributed by atoms with E-state index in [9.17, 15) is 4.79 Å². The number of halogens is 1. The number of likely N-dealkylation sites (tertiary alicyclic amines) is 1. The van der Waals surface area contributed by atoms with Crippen LogP contribution in [0.25, 0.3) is 10.6 Å². The van der Waals surface area contributed by atoms with E-state index in [2.05, 4.69) is 5.16 Å². The average Bonchev–Trinajstić information content (AvgIpc) is 3.06. The lowest BCUT2D eigenvalue weighted by atomic mass is 10.1. The first-order valence-corrected chi connectivity index (χ1v) is 7.60. The second kappa shape index (κ2) is 5.55. The Morgan fingerprint density at radius 2 is 2.40 bits per heavy atom. The number of aromatic nitrogens is 1. The first-order valence-electron chi connectivity index (χ1n) is 6.41. The fourth-order valence-electron chi connectivity index (χ4n) is 2.30. The van der Waals surface area contributed by atoms with Crippen LogP contribution in [0.2, 0.25) is 4.34 Å². The lowest BCUT2D eigenvalue weighted by molar-refractivity contribution is 0.0698. The van der Waals surface area contributed by atoms with E-state index in [1.165, 1.54) is 11.3 Å². The summed E-state index contributed by atoms with van der Waals surface area (Å²) in [6, 6.07) is 5.34. The highest BCUT2D eigenvalue weighted by atomic mass is 35.5. The standard InChI is InChI=1S/C13H14ClN3O2S/c14-12-4-3-11(20-12)10-6-9(16-19-10)13(18)17-5-1-2-8(15)7-17/h3-4,6,8H,1-2,5,7,15H2. The monoisotopic (exact) mass is 311 g/mol. The largest absolute Gasteiger partial charge is 0.355 e. The van der Waals surface area contributed by atoms with Crippen LogP contribution in [0.3, 0.4) is 0 Å². The van der Waals surface area contributed by atoms with Gasteiger partial charge in [0.2, 0.25) is 0 Å². The zero-order valence-electron chi connectivity index (χ0n) is 10.7. The van der Waals surface area contributed by atoms with Gasteiger partial charge in [0.05, 0.1) is 9.21 Å². The van der Waals surface area contributed by atoms with Crippen LogP contribution in [-0.2, 0) is 0 Å². The van der Waals surface area contributed by atoms with Crippen LogP contribution in [0.15, 0.2) is 22.7 Å². The van der Waals surface area contributed by atoms with E-state index in [0.29, 0.717) is 22.3 Å². The highest BCUT2D eigenvalue weighted by Crippen LogP contribution is 2.31. The molecule has 106 valence electrons. The lowest BCUT2D eigenvalue weighted by Gasteiger charge is -2.29. The normalized spacial score (nSPS) is 19.3. The molecule has 2 aromatic rings. The molecule has 0 spiro atoms. The lowest BCUT2D eigenvalue weighted by Crippen LogP contribution is -2.45. The molecule has 1 amide bonds. The summed E-state index contributed by atoms with van der Waals surface area (Å²) in [4.78, 5) is 14.9. The molecule has 2 aromatic heterocycles. The van der Waals surface area contributed by atoms with Crippen molar-refractivity contribution in [2.75, 3.05) is 13.1 Å². The number of piperidine rings is 1. The van der Waals surface area contributed by atoms with E-state index >= 15 is 0 Å². The Hall–Kier alpha value is -1.37. The molecule has 5 nitrogen and oxygen atoms in total. The van der Waals surface area contributed by atoms with Gasteiger partial charge in [-0.15, -0.1) is 11.3 Å². The molecule has 0 aromatic carbocycles. The predicted octanol–water partition coefficient (Wildman–Crippen LogP) is 2.62. The Kier molecular flexibility index (Phi) is 3.78. The van der Waals surface area contributed by atoms with E-state index in [1.807, 2.05) is 6.07 Å². The summed E-state index contributed by atoms with van der Waals surface area (Å²) < 4.78 is 5.90. The number of amides is 1. The van der Waals surface area contributed by atoms with Gasteiger partial charge in [0, 0.05) is 25.2 Å². The molecular weight excluding hydrogens is 298 g/mol. The Morgan fingerprint density at radius 1 is 1.55 bits per heavy atom. The molecule has 3 rings (SSSR count).